The number of nitrogens with zero attached hydrogens (tertiary/aromatic N) is 1. The Kier molecular flexibility index (Phi) is 4.16. The van der Waals surface area contributed by atoms with Crippen molar-refractivity contribution < 1.29 is 17.7 Å². The van der Waals surface area contributed by atoms with Gasteiger partial charge in [-0.2, -0.15) is 0 Å². The fourth-order valence-corrected chi connectivity index (χ4v) is 2.92. The monoisotopic (exact) mass is 376 g/mol. The zero-order chi connectivity index (χ0) is 16.1. The summed E-state index contributed by atoms with van der Waals surface area (Å²) in [6, 6.07) is 1.74. The highest BCUT2D eigenvalue weighted by Crippen LogP contribution is 2.36. The molecule has 1 N–H and O–H groups in total. The van der Waals surface area contributed by atoms with E-state index in [-0.39, 0.29) is 5.82 Å². The summed E-state index contributed by atoms with van der Waals surface area (Å²) in [5, 5.41) is 0. The van der Waals surface area contributed by atoms with Crippen LogP contribution in [0.25, 0.3) is 0 Å². The van der Waals surface area contributed by atoms with Crippen molar-refractivity contribution in [3.63, 3.8) is 0 Å². The zero-order valence-electron chi connectivity index (χ0n) is 12.6. The van der Waals surface area contributed by atoms with Crippen molar-refractivity contribution in [3.8, 4) is 0 Å². The Morgan fingerprint density at radius 2 is 1.76 bits per heavy atom. The lowest BCUT2D eigenvalue weighted by Gasteiger charge is -2.32. The maximum Gasteiger partial charge on any atom is 0.496 e. The highest BCUT2D eigenvalue weighted by Gasteiger charge is 2.51. The molecule has 0 unspecified atom stereocenters. The summed E-state index contributed by atoms with van der Waals surface area (Å²) in [5.41, 5.74) is -0.152. The molecule has 1 aliphatic heterocycles. The molecule has 1 aromatic heterocycles. The average Bonchev–Trinajstić information content (AvgIpc) is 2.49. The van der Waals surface area contributed by atoms with Gasteiger partial charge in [-0.3, -0.25) is 4.72 Å². The van der Waals surface area contributed by atoms with Crippen LogP contribution in [0.5, 0.6) is 0 Å². The minimum absolute atomic E-state index is 0.234. The molecule has 0 saturated carbocycles. The minimum atomic E-state index is -3.37. The van der Waals surface area contributed by atoms with Crippen molar-refractivity contribution in [1.29, 1.82) is 0 Å². The van der Waals surface area contributed by atoms with Crippen molar-refractivity contribution in [1.82, 2.24) is 4.98 Å². The van der Waals surface area contributed by atoms with Crippen LogP contribution in [-0.4, -0.2) is 38.0 Å². The zero-order valence-corrected chi connectivity index (χ0v) is 15.0. The number of nitrogens with one attached hydrogen (secondary N) is 1. The van der Waals surface area contributed by atoms with Gasteiger partial charge in [0.2, 0.25) is 10.0 Å². The number of sulfonamides is 1. The van der Waals surface area contributed by atoms with E-state index in [4.69, 9.17) is 9.31 Å². The van der Waals surface area contributed by atoms with Crippen LogP contribution in [0.3, 0.4) is 0 Å². The SMILES string of the molecule is CC1(C)OB(c2cnc(NS(C)(=O)=O)c(Br)c2)OC1(C)C. The molecule has 1 aliphatic rings. The molecule has 1 saturated heterocycles. The first-order valence-electron chi connectivity index (χ1n) is 6.40. The standard InChI is InChI=1S/C12H18BBrN2O4S/c1-11(2)12(3,4)20-13(19-11)8-6-9(14)10(15-7-8)16-21(5,17)18/h6-7H,1-5H3,(H,15,16). The van der Waals surface area contributed by atoms with E-state index in [0.29, 0.717) is 4.47 Å². The maximum absolute atomic E-state index is 11.2. The average molecular weight is 377 g/mol. The third-order valence-electron chi connectivity index (χ3n) is 3.67. The lowest BCUT2D eigenvalue weighted by Crippen LogP contribution is -2.41. The van der Waals surface area contributed by atoms with Crippen molar-refractivity contribution >= 4 is 44.4 Å². The van der Waals surface area contributed by atoms with Crippen LogP contribution in [-0.2, 0) is 19.3 Å². The van der Waals surface area contributed by atoms with Gasteiger partial charge in [0.15, 0.2) is 5.82 Å². The van der Waals surface area contributed by atoms with E-state index in [0.717, 1.165) is 11.7 Å². The van der Waals surface area contributed by atoms with Crippen LogP contribution >= 0.6 is 15.9 Å². The molecule has 1 aromatic rings. The van der Waals surface area contributed by atoms with Gasteiger partial charge in [0.1, 0.15) is 0 Å². The van der Waals surface area contributed by atoms with Crippen molar-refractivity contribution in [3.05, 3.63) is 16.7 Å². The van der Waals surface area contributed by atoms with Crippen LogP contribution in [0.15, 0.2) is 16.7 Å². The molecule has 0 bridgehead atoms. The lowest BCUT2D eigenvalue weighted by atomic mass is 9.80. The van der Waals surface area contributed by atoms with Gasteiger partial charge >= 0.3 is 7.12 Å². The van der Waals surface area contributed by atoms with Crippen LogP contribution < -0.4 is 10.2 Å². The van der Waals surface area contributed by atoms with Gasteiger partial charge < -0.3 is 9.31 Å². The summed E-state index contributed by atoms with van der Waals surface area (Å²) < 4.78 is 37.2. The second-order valence-electron chi connectivity index (χ2n) is 6.06. The molecule has 6 nitrogen and oxygen atoms in total. The molecule has 0 spiro atoms. The first-order valence-corrected chi connectivity index (χ1v) is 9.09. The quantitative estimate of drug-likeness (QED) is 0.809. The van der Waals surface area contributed by atoms with Gasteiger partial charge in [-0.15, -0.1) is 0 Å². The Labute approximate surface area is 133 Å². The van der Waals surface area contributed by atoms with E-state index in [1.54, 1.807) is 12.3 Å². The predicted octanol–water partition coefficient (Wildman–Crippen LogP) is 1.51. The van der Waals surface area contributed by atoms with Crippen molar-refractivity contribution in [2.75, 3.05) is 11.0 Å². The first-order chi connectivity index (χ1) is 9.41. The number of hydrogen-bond acceptors (Lipinski definition) is 5. The smallest absolute Gasteiger partial charge is 0.399 e. The van der Waals surface area contributed by atoms with Crippen LogP contribution in [0.4, 0.5) is 5.82 Å². The van der Waals surface area contributed by atoms with E-state index in [1.807, 2.05) is 27.7 Å². The second-order valence-corrected chi connectivity index (χ2v) is 8.66. The maximum atomic E-state index is 11.2. The highest BCUT2D eigenvalue weighted by atomic mass is 79.9. The topological polar surface area (TPSA) is 77.5 Å². The molecule has 0 atom stereocenters. The molecule has 116 valence electrons. The molecular weight excluding hydrogens is 359 g/mol. The second kappa shape index (κ2) is 5.22. The summed E-state index contributed by atoms with van der Waals surface area (Å²) in [5.74, 6) is 0.234. The fraction of sp³-hybridized carbons (Fsp3) is 0.583. The molecule has 0 aromatic carbocycles. The summed E-state index contributed by atoms with van der Waals surface area (Å²) in [6.07, 6.45) is 2.61. The highest BCUT2D eigenvalue weighted by molar-refractivity contribution is 9.10. The number of pyridine rings is 1. The lowest BCUT2D eigenvalue weighted by molar-refractivity contribution is 0.00578. The van der Waals surface area contributed by atoms with Crippen LogP contribution in [0.2, 0.25) is 0 Å². The third-order valence-corrected chi connectivity index (χ3v) is 4.84. The van der Waals surface area contributed by atoms with Gasteiger partial charge in [0.25, 0.3) is 0 Å². The molecule has 9 heteroatoms. The third kappa shape index (κ3) is 3.58. The molecular formula is C12H18BBrN2O4S. The number of rotatable bonds is 3. The van der Waals surface area contributed by atoms with E-state index in [1.165, 1.54) is 0 Å². The Morgan fingerprint density at radius 3 is 2.19 bits per heavy atom. The summed E-state index contributed by atoms with van der Waals surface area (Å²) in [4.78, 5) is 4.11. The number of aromatic nitrogens is 1. The number of halogens is 1. The molecule has 0 radical (unpaired) electrons. The van der Waals surface area contributed by atoms with Gasteiger partial charge in [-0.1, -0.05) is 0 Å². The van der Waals surface area contributed by atoms with E-state index in [9.17, 15) is 8.42 Å². The molecule has 0 aliphatic carbocycles. The number of hydrogen-bond donors (Lipinski definition) is 1. The first kappa shape index (κ1) is 16.7. The Bertz CT molecular complexity index is 647. The summed E-state index contributed by atoms with van der Waals surface area (Å²) in [6.45, 7) is 7.87. The van der Waals surface area contributed by atoms with Gasteiger partial charge in [-0.25, -0.2) is 13.4 Å². The minimum Gasteiger partial charge on any atom is -0.399 e. The van der Waals surface area contributed by atoms with E-state index in [2.05, 4.69) is 25.6 Å². The number of anilines is 1. The molecule has 2 heterocycles. The van der Waals surface area contributed by atoms with E-state index >= 15 is 0 Å². The molecule has 1 fully saturated rings. The van der Waals surface area contributed by atoms with Crippen molar-refractivity contribution in [2.45, 2.75) is 38.9 Å². The van der Waals surface area contributed by atoms with E-state index < -0.39 is 28.3 Å². The Hall–Kier alpha value is -0.635. The Morgan fingerprint density at radius 1 is 1.24 bits per heavy atom. The Balaban J connectivity index is 2.26. The van der Waals surface area contributed by atoms with Crippen molar-refractivity contribution in [2.24, 2.45) is 0 Å². The van der Waals surface area contributed by atoms with Gasteiger partial charge in [-0.05, 0) is 49.7 Å². The fourth-order valence-electron chi connectivity index (χ4n) is 1.81. The van der Waals surface area contributed by atoms with Gasteiger partial charge in [0, 0.05) is 11.7 Å². The molecule has 0 amide bonds. The molecule has 2 rings (SSSR count). The normalized spacial score (nSPS) is 20.6. The summed E-state index contributed by atoms with van der Waals surface area (Å²) in [7, 11) is -3.91. The summed E-state index contributed by atoms with van der Waals surface area (Å²) >= 11 is 3.30. The predicted molar refractivity (Wildman–Crippen MR) is 86.1 cm³/mol. The van der Waals surface area contributed by atoms with Crippen LogP contribution in [0, 0.1) is 0 Å². The largest absolute Gasteiger partial charge is 0.496 e. The van der Waals surface area contributed by atoms with Gasteiger partial charge in [0.05, 0.1) is 21.9 Å². The van der Waals surface area contributed by atoms with Crippen LogP contribution in [0.1, 0.15) is 27.7 Å². The molecule has 21 heavy (non-hydrogen) atoms.